The summed E-state index contributed by atoms with van der Waals surface area (Å²) in [6.07, 6.45) is 5.09. The zero-order valence-corrected chi connectivity index (χ0v) is 12.0. The summed E-state index contributed by atoms with van der Waals surface area (Å²) in [5.74, 6) is -2.30. The largest absolute Gasteiger partial charge is 0.422 e. The van der Waals surface area contributed by atoms with Crippen LogP contribution >= 0.6 is 0 Å². The molecular weight excluding hydrogens is 258 g/mol. The van der Waals surface area contributed by atoms with Crippen molar-refractivity contribution >= 4 is 11.9 Å². The number of unbranched alkanes of at least 4 members (excludes halogenated alkanes) is 1. The molecule has 0 bridgehead atoms. The molecule has 1 aliphatic heterocycles. The minimum atomic E-state index is -1.37. The molecule has 108 valence electrons. The molecule has 0 unspecified atom stereocenters. The van der Waals surface area contributed by atoms with Crippen molar-refractivity contribution in [3.8, 4) is 0 Å². The lowest BCUT2D eigenvalue weighted by Crippen LogP contribution is -2.56. The fourth-order valence-electron chi connectivity index (χ4n) is 2.39. The van der Waals surface area contributed by atoms with Gasteiger partial charge >= 0.3 is 11.9 Å². The van der Waals surface area contributed by atoms with E-state index in [1.54, 1.807) is 38.4 Å². The lowest BCUT2D eigenvalue weighted by atomic mass is 9.76. The third kappa shape index (κ3) is 2.40. The first-order valence-corrected chi connectivity index (χ1v) is 6.80. The van der Waals surface area contributed by atoms with Crippen molar-refractivity contribution in [2.24, 2.45) is 0 Å². The van der Waals surface area contributed by atoms with E-state index in [0.717, 1.165) is 12.8 Å². The second kappa shape index (κ2) is 5.23. The number of rotatable bonds is 4. The van der Waals surface area contributed by atoms with E-state index in [1.807, 2.05) is 6.92 Å². The van der Waals surface area contributed by atoms with E-state index in [0.29, 0.717) is 12.0 Å². The van der Waals surface area contributed by atoms with Crippen LogP contribution in [0.2, 0.25) is 0 Å². The van der Waals surface area contributed by atoms with Gasteiger partial charge in [-0.15, -0.1) is 0 Å². The van der Waals surface area contributed by atoms with Crippen molar-refractivity contribution in [3.05, 3.63) is 30.1 Å². The van der Waals surface area contributed by atoms with Crippen molar-refractivity contribution in [2.45, 2.75) is 51.2 Å². The lowest BCUT2D eigenvalue weighted by Gasteiger charge is -2.40. The summed E-state index contributed by atoms with van der Waals surface area (Å²) in [5.41, 5.74) is -0.791. The van der Waals surface area contributed by atoms with Gasteiger partial charge in [0.2, 0.25) is 0 Å². The van der Waals surface area contributed by atoms with Crippen LogP contribution < -0.4 is 0 Å². The first-order chi connectivity index (χ1) is 9.42. The Kier molecular flexibility index (Phi) is 3.79. The molecule has 1 saturated heterocycles. The summed E-state index contributed by atoms with van der Waals surface area (Å²) in [6, 6.07) is 3.33. The smallest absolute Gasteiger partial charge is 0.331 e. The summed E-state index contributed by atoms with van der Waals surface area (Å²) >= 11 is 0. The van der Waals surface area contributed by atoms with Crippen molar-refractivity contribution in [1.82, 2.24) is 4.98 Å². The molecule has 0 aliphatic carbocycles. The van der Waals surface area contributed by atoms with Crippen LogP contribution in [-0.2, 0) is 24.5 Å². The second-order valence-corrected chi connectivity index (χ2v) is 5.42. The molecule has 1 aliphatic rings. The summed E-state index contributed by atoms with van der Waals surface area (Å²) < 4.78 is 10.6. The molecule has 0 aromatic carbocycles. The van der Waals surface area contributed by atoms with E-state index >= 15 is 0 Å². The fraction of sp³-hybridized carbons (Fsp3) is 0.533. The topological polar surface area (TPSA) is 65.5 Å². The molecule has 2 rings (SSSR count). The fourth-order valence-corrected chi connectivity index (χ4v) is 2.39. The number of carbonyl (C=O) groups excluding carboxylic acids is 2. The lowest BCUT2D eigenvalue weighted by molar-refractivity contribution is -0.244. The molecule has 5 heteroatoms. The minimum Gasteiger partial charge on any atom is -0.422 e. The maximum Gasteiger partial charge on any atom is 0.331 e. The standard InChI is InChI=1S/C15H19NO4/c1-4-5-8-15(11-6-9-16-10-7-11)12(17)19-14(2,3)20-13(15)18/h6-7,9-10H,4-5,8H2,1-3H3. The predicted octanol–water partition coefficient (Wildman–Crippen LogP) is 2.35. The van der Waals surface area contributed by atoms with Crippen molar-refractivity contribution in [3.63, 3.8) is 0 Å². The number of ether oxygens (including phenoxy) is 2. The number of aromatic nitrogens is 1. The Balaban J connectivity index is 2.47. The van der Waals surface area contributed by atoms with Crippen LogP contribution in [0.25, 0.3) is 0 Å². The highest BCUT2D eigenvalue weighted by atomic mass is 16.7. The van der Waals surface area contributed by atoms with E-state index in [2.05, 4.69) is 4.98 Å². The molecule has 0 N–H and O–H groups in total. The van der Waals surface area contributed by atoms with Gasteiger partial charge in [-0.2, -0.15) is 0 Å². The van der Waals surface area contributed by atoms with Crippen LogP contribution in [0.5, 0.6) is 0 Å². The predicted molar refractivity (Wildman–Crippen MR) is 71.7 cm³/mol. The Bertz CT molecular complexity index is 490. The first kappa shape index (κ1) is 14.5. The molecule has 1 fully saturated rings. The zero-order chi connectivity index (χ0) is 14.8. The molecule has 1 aromatic heterocycles. The Morgan fingerprint density at radius 1 is 1.10 bits per heavy atom. The third-order valence-electron chi connectivity index (χ3n) is 3.45. The third-order valence-corrected chi connectivity index (χ3v) is 3.45. The molecule has 0 saturated carbocycles. The zero-order valence-electron chi connectivity index (χ0n) is 12.0. The Labute approximate surface area is 118 Å². The highest BCUT2D eigenvalue weighted by molar-refractivity contribution is 6.07. The average Bonchev–Trinajstić information content (AvgIpc) is 2.38. The van der Waals surface area contributed by atoms with Gasteiger partial charge < -0.3 is 9.47 Å². The molecule has 0 atom stereocenters. The Hall–Kier alpha value is -1.91. The molecule has 0 radical (unpaired) electrons. The van der Waals surface area contributed by atoms with Crippen LogP contribution in [0.15, 0.2) is 24.5 Å². The SMILES string of the molecule is CCCCC1(c2ccncc2)C(=O)OC(C)(C)OC1=O. The Morgan fingerprint density at radius 2 is 1.65 bits per heavy atom. The average molecular weight is 277 g/mol. The van der Waals surface area contributed by atoms with Gasteiger partial charge in [0.15, 0.2) is 5.41 Å². The molecule has 2 heterocycles. The van der Waals surface area contributed by atoms with Gasteiger partial charge in [0.1, 0.15) is 0 Å². The van der Waals surface area contributed by atoms with Crippen LogP contribution in [-0.4, -0.2) is 22.7 Å². The number of esters is 2. The maximum absolute atomic E-state index is 12.5. The number of hydrogen-bond donors (Lipinski definition) is 0. The van der Waals surface area contributed by atoms with Gasteiger partial charge in [0, 0.05) is 26.2 Å². The number of pyridine rings is 1. The van der Waals surface area contributed by atoms with E-state index in [-0.39, 0.29) is 0 Å². The molecule has 5 nitrogen and oxygen atoms in total. The minimum absolute atomic E-state index is 0.376. The van der Waals surface area contributed by atoms with E-state index in [1.165, 1.54) is 0 Å². The van der Waals surface area contributed by atoms with Gasteiger partial charge in [-0.05, 0) is 24.1 Å². The van der Waals surface area contributed by atoms with Crippen molar-refractivity contribution in [2.75, 3.05) is 0 Å². The highest BCUT2D eigenvalue weighted by Crippen LogP contribution is 2.39. The van der Waals surface area contributed by atoms with Crippen LogP contribution in [0, 0.1) is 0 Å². The molecular formula is C15H19NO4. The van der Waals surface area contributed by atoms with Crippen LogP contribution in [0.1, 0.15) is 45.6 Å². The summed E-state index contributed by atoms with van der Waals surface area (Å²) in [7, 11) is 0. The van der Waals surface area contributed by atoms with Crippen molar-refractivity contribution in [1.29, 1.82) is 0 Å². The van der Waals surface area contributed by atoms with Gasteiger partial charge in [-0.1, -0.05) is 19.8 Å². The van der Waals surface area contributed by atoms with Gasteiger partial charge in [0.25, 0.3) is 5.79 Å². The number of cyclic esters (lactones) is 2. The summed E-state index contributed by atoms with van der Waals surface area (Å²) in [6.45, 7) is 5.11. The van der Waals surface area contributed by atoms with E-state index in [9.17, 15) is 9.59 Å². The van der Waals surface area contributed by atoms with Crippen molar-refractivity contribution < 1.29 is 19.1 Å². The van der Waals surface area contributed by atoms with E-state index < -0.39 is 23.1 Å². The number of nitrogens with zero attached hydrogens (tertiary/aromatic N) is 1. The Morgan fingerprint density at radius 3 is 2.15 bits per heavy atom. The molecule has 20 heavy (non-hydrogen) atoms. The van der Waals surface area contributed by atoms with E-state index in [4.69, 9.17) is 9.47 Å². The highest BCUT2D eigenvalue weighted by Gasteiger charge is 2.56. The first-order valence-electron chi connectivity index (χ1n) is 6.80. The van der Waals surface area contributed by atoms with Gasteiger partial charge in [-0.3, -0.25) is 14.6 Å². The number of carbonyl (C=O) groups is 2. The van der Waals surface area contributed by atoms with Crippen LogP contribution in [0.3, 0.4) is 0 Å². The van der Waals surface area contributed by atoms with Crippen LogP contribution in [0.4, 0.5) is 0 Å². The summed E-state index contributed by atoms with van der Waals surface area (Å²) in [5, 5.41) is 0. The maximum atomic E-state index is 12.5. The summed E-state index contributed by atoms with van der Waals surface area (Å²) in [4.78, 5) is 28.9. The monoisotopic (exact) mass is 277 g/mol. The normalized spacial score (nSPS) is 20.1. The van der Waals surface area contributed by atoms with Gasteiger partial charge in [0.05, 0.1) is 0 Å². The molecule has 0 spiro atoms. The number of hydrogen-bond acceptors (Lipinski definition) is 5. The molecule has 1 aromatic rings. The molecule has 0 amide bonds. The second-order valence-electron chi connectivity index (χ2n) is 5.42. The van der Waals surface area contributed by atoms with Gasteiger partial charge in [-0.25, -0.2) is 0 Å². The quantitative estimate of drug-likeness (QED) is 0.624.